The van der Waals surface area contributed by atoms with Gasteiger partial charge in [-0.15, -0.1) is 0 Å². The van der Waals surface area contributed by atoms with Crippen LogP contribution in [0.2, 0.25) is 0 Å². The fraction of sp³-hybridized carbons (Fsp3) is 0.417. The molecule has 5 heteroatoms. The molecule has 0 aliphatic rings. The normalized spacial score (nSPS) is 10.2. The first kappa shape index (κ1) is 13.6. The highest BCUT2D eigenvalue weighted by molar-refractivity contribution is 5.94. The Hall–Kier alpha value is -1.46. The van der Waals surface area contributed by atoms with Crippen molar-refractivity contribution in [3.63, 3.8) is 0 Å². The molecule has 1 amide bonds. The summed E-state index contributed by atoms with van der Waals surface area (Å²) in [7, 11) is 1.59. The molecule has 0 spiro atoms. The molecule has 0 aliphatic carbocycles. The van der Waals surface area contributed by atoms with Crippen LogP contribution in [-0.2, 0) is 9.47 Å². The zero-order valence-corrected chi connectivity index (χ0v) is 9.74. The van der Waals surface area contributed by atoms with Crippen molar-refractivity contribution >= 4 is 5.91 Å². The molecule has 0 heterocycles. The second kappa shape index (κ2) is 7.76. The van der Waals surface area contributed by atoms with E-state index in [1.54, 1.807) is 13.2 Å². The average molecular weight is 241 g/mol. The largest absolute Gasteiger partial charge is 0.382 e. The van der Waals surface area contributed by atoms with Gasteiger partial charge in [0.2, 0.25) is 0 Å². The molecule has 4 nitrogen and oxygen atoms in total. The molecule has 0 bridgehead atoms. The van der Waals surface area contributed by atoms with Crippen LogP contribution in [0.3, 0.4) is 0 Å². The second-order valence-electron chi connectivity index (χ2n) is 3.37. The van der Waals surface area contributed by atoms with Crippen LogP contribution < -0.4 is 5.32 Å². The summed E-state index contributed by atoms with van der Waals surface area (Å²) >= 11 is 0. The first-order chi connectivity index (χ1) is 8.24. The van der Waals surface area contributed by atoms with Crippen LogP contribution in [0.4, 0.5) is 4.39 Å². The van der Waals surface area contributed by atoms with Gasteiger partial charge < -0.3 is 14.8 Å². The topological polar surface area (TPSA) is 47.6 Å². The summed E-state index contributed by atoms with van der Waals surface area (Å²) in [6.45, 7) is 1.81. The number of benzene rings is 1. The molecule has 0 fully saturated rings. The smallest absolute Gasteiger partial charge is 0.251 e. The third kappa shape index (κ3) is 5.42. The lowest BCUT2D eigenvalue weighted by molar-refractivity contribution is 0.0692. The minimum absolute atomic E-state index is 0.306. The quantitative estimate of drug-likeness (QED) is 0.730. The summed E-state index contributed by atoms with van der Waals surface area (Å²) in [5.41, 5.74) is 0.307. The number of carbonyl (C=O) groups is 1. The molecule has 1 aromatic carbocycles. The molecular weight excluding hydrogens is 225 g/mol. The highest BCUT2D eigenvalue weighted by Crippen LogP contribution is 2.02. The number of nitrogens with one attached hydrogen (secondary N) is 1. The van der Waals surface area contributed by atoms with E-state index in [1.807, 2.05) is 0 Å². The van der Waals surface area contributed by atoms with Gasteiger partial charge in [-0.2, -0.15) is 0 Å². The number of ether oxygens (including phenoxy) is 2. The Morgan fingerprint density at radius 3 is 2.88 bits per heavy atom. The van der Waals surface area contributed by atoms with Crippen molar-refractivity contribution in [2.75, 3.05) is 33.5 Å². The number of hydrogen-bond donors (Lipinski definition) is 1. The Morgan fingerprint density at radius 1 is 1.35 bits per heavy atom. The number of halogens is 1. The monoisotopic (exact) mass is 241 g/mol. The molecule has 1 aromatic rings. The molecule has 0 aliphatic heterocycles. The molecule has 0 atom stereocenters. The maximum atomic E-state index is 12.8. The lowest BCUT2D eigenvalue weighted by Gasteiger charge is -2.06. The van der Waals surface area contributed by atoms with E-state index < -0.39 is 5.82 Å². The highest BCUT2D eigenvalue weighted by atomic mass is 19.1. The molecule has 0 radical (unpaired) electrons. The molecule has 0 saturated heterocycles. The van der Waals surface area contributed by atoms with Gasteiger partial charge in [-0.1, -0.05) is 6.07 Å². The predicted octanol–water partition coefficient (Wildman–Crippen LogP) is 1.22. The fourth-order valence-electron chi connectivity index (χ4n) is 1.21. The van der Waals surface area contributed by atoms with E-state index >= 15 is 0 Å². The lowest BCUT2D eigenvalue weighted by Crippen LogP contribution is -2.27. The lowest BCUT2D eigenvalue weighted by atomic mass is 10.2. The summed E-state index contributed by atoms with van der Waals surface area (Å²) in [5.74, 6) is -0.728. The minimum atomic E-state index is -0.422. The maximum absolute atomic E-state index is 12.8. The van der Waals surface area contributed by atoms with Crippen molar-refractivity contribution in [3.05, 3.63) is 35.6 Å². The average Bonchev–Trinajstić information content (AvgIpc) is 2.33. The van der Waals surface area contributed by atoms with Crippen LogP contribution in [0.15, 0.2) is 24.3 Å². The molecule has 0 unspecified atom stereocenters. The van der Waals surface area contributed by atoms with Crippen molar-refractivity contribution in [1.82, 2.24) is 5.32 Å². The number of rotatable bonds is 7. The molecular formula is C12H16FNO3. The Kier molecular flexibility index (Phi) is 6.21. The Labute approximate surface area is 99.7 Å². The predicted molar refractivity (Wildman–Crippen MR) is 61.4 cm³/mol. The Bertz CT molecular complexity index is 357. The van der Waals surface area contributed by atoms with Gasteiger partial charge in [0.1, 0.15) is 5.82 Å². The van der Waals surface area contributed by atoms with Crippen molar-refractivity contribution in [2.45, 2.75) is 0 Å². The zero-order valence-electron chi connectivity index (χ0n) is 9.74. The molecule has 1 N–H and O–H groups in total. The second-order valence-corrected chi connectivity index (χ2v) is 3.37. The fourth-order valence-corrected chi connectivity index (χ4v) is 1.21. The van der Waals surface area contributed by atoms with E-state index in [1.165, 1.54) is 18.2 Å². The van der Waals surface area contributed by atoms with E-state index in [4.69, 9.17) is 9.47 Å². The Balaban J connectivity index is 2.21. The SMILES string of the molecule is COCCOCCNC(=O)c1cccc(F)c1. The number of methoxy groups -OCH3 is 1. The van der Waals surface area contributed by atoms with Gasteiger partial charge in [-0.3, -0.25) is 4.79 Å². The number of carbonyl (C=O) groups excluding carboxylic acids is 1. The summed E-state index contributed by atoms with van der Waals surface area (Å²) in [4.78, 5) is 11.5. The van der Waals surface area contributed by atoms with Crippen molar-refractivity contribution in [2.24, 2.45) is 0 Å². The van der Waals surface area contributed by atoms with Crippen LogP contribution in [0.5, 0.6) is 0 Å². The van der Waals surface area contributed by atoms with Gasteiger partial charge in [-0.25, -0.2) is 4.39 Å². The maximum Gasteiger partial charge on any atom is 0.251 e. The molecule has 0 aromatic heterocycles. The van der Waals surface area contributed by atoms with Crippen LogP contribution in [-0.4, -0.2) is 39.4 Å². The Morgan fingerprint density at radius 2 is 2.18 bits per heavy atom. The molecule has 94 valence electrons. The zero-order chi connectivity index (χ0) is 12.5. The van der Waals surface area contributed by atoms with Crippen LogP contribution in [0, 0.1) is 5.82 Å². The molecule has 0 saturated carbocycles. The van der Waals surface area contributed by atoms with E-state index in [0.717, 1.165) is 0 Å². The van der Waals surface area contributed by atoms with E-state index in [2.05, 4.69) is 5.32 Å². The molecule has 1 rings (SSSR count). The van der Waals surface area contributed by atoms with E-state index in [-0.39, 0.29) is 5.91 Å². The number of hydrogen-bond acceptors (Lipinski definition) is 3. The molecule has 17 heavy (non-hydrogen) atoms. The third-order valence-electron chi connectivity index (χ3n) is 2.05. The summed E-state index contributed by atoms with van der Waals surface area (Å²) < 4.78 is 22.8. The van der Waals surface area contributed by atoms with Gasteiger partial charge in [-0.05, 0) is 18.2 Å². The van der Waals surface area contributed by atoms with Gasteiger partial charge in [0.15, 0.2) is 0 Å². The van der Waals surface area contributed by atoms with Gasteiger partial charge in [0, 0.05) is 19.2 Å². The first-order valence-corrected chi connectivity index (χ1v) is 5.34. The van der Waals surface area contributed by atoms with E-state index in [9.17, 15) is 9.18 Å². The van der Waals surface area contributed by atoms with Crippen molar-refractivity contribution in [1.29, 1.82) is 0 Å². The van der Waals surface area contributed by atoms with Crippen LogP contribution in [0.1, 0.15) is 10.4 Å². The van der Waals surface area contributed by atoms with Gasteiger partial charge in [0.05, 0.1) is 19.8 Å². The van der Waals surface area contributed by atoms with Gasteiger partial charge >= 0.3 is 0 Å². The highest BCUT2D eigenvalue weighted by Gasteiger charge is 2.04. The summed E-state index contributed by atoms with van der Waals surface area (Å²) in [6, 6.07) is 5.55. The standard InChI is InChI=1S/C12H16FNO3/c1-16-7-8-17-6-5-14-12(15)10-3-2-4-11(13)9-10/h2-4,9H,5-8H2,1H3,(H,14,15). The summed E-state index contributed by atoms with van der Waals surface area (Å²) in [6.07, 6.45) is 0. The van der Waals surface area contributed by atoms with E-state index in [0.29, 0.717) is 31.9 Å². The minimum Gasteiger partial charge on any atom is -0.382 e. The van der Waals surface area contributed by atoms with Crippen LogP contribution >= 0.6 is 0 Å². The first-order valence-electron chi connectivity index (χ1n) is 5.34. The van der Waals surface area contributed by atoms with Gasteiger partial charge in [0.25, 0.3) is 5.91 Å². The van der Waals surface area contributed by atoms with Crippen molar-refractivity contribution < 1.29 is 18.7 Å². The van der Waals surface area contributed by atoms with Crippen LogP contribution in [0.25, 0.3) is 0 Å². The number of amides is 1. The summed E-state index contributed by atoms with van der Waals surface area (Å²) in [5, 5.41) is 2.63. The third-order valence-corrected chi connectivity index (χ3v) is 2.05. The van der Waals surface area contributed by atoms with Crippen molar-refractivity contribution in [3.8, 4) is 0 Å².